The Hall–Kier alpha value is 0.110. The molecule has 1 aliphatic heterocycles. The van der Waals surface area contributed by atoms with Crippen molar-refractivity contribution in [2.45, 2.75) is 17.2 Å². The molecule has 1 atom stereocenters. The quantitative estimate of drug-likeness (QED) is 0.899. The molecular formula is C10H16Cl2N2O3S2. The first-order chi connectivity index (χ1) is 8.45. The smallest absolute Gasteiger partial charge is 0.252 e. The van der Waals surface area contributed by atoms with Gasteiger partial charge in [-0.15, -0.1) is 23.7 Å². The lowest BCUT2D eigenvalue weighted by Crippen LogP contribution is -2.47. The molecule has 5 nitrogen and oxygen atoms in total. The Morgan fingerprint density at radius 2 is 2.32 bits per heavy atom. The Balaban J connectivity index is 0.00000180. The first kappa shape index (κ1) is 17.2. The maximum atomic E-state index is 12.4. The molecule has 0 amide bonds. The molecule has 0 aliphatic carbocycles. The van der Waals surface area contributed by atoms with Crippen LogP contribution in [0.2, 0.25) is 4.34 Å². The number of nitrogens with zero attached hydrogens (tertiary/aromatic N) is 1. The van der Waals surface area contributed by atoms with Crippen molar-refractivity contribution in [2.24, 2.45) is 5.73 Å². The van der Waals surface area contributed by atoms with Gasteiger partial charge in [-0.05, 0) is 18.6 Å². The van der Waals surface area contributed by atoms with Crippen molar-refractivity contribution in [3.8, 4) is 0 Å². The van der Waals surface area contributed by atoms with E-state index in [0.29, 0.717) is 30.6 Å². The van der Waals surface area contributed by atoms with Gasteiger partial charge in [0.05, 0.1) is 17.0 Å². The van der Waals surface area contributed by atoms with Crippen LogP contribution in [-0.2, 0) is 14.8 Å². The molecule has 1 fully saturated rings. The van der Waals surface area contributed by atoms with E-state index in [9.17, 15) is 8.42 Å². The van der Waals surface area contributed by atoms with Gasteiger partial charge in [-0.1, -0.05) is 11.6 Å². The second-order valence-corrected chi connectivity index (χ2v) is 7.93. The third-order valence-corrected chi connectivity index (χ3v) is 6.66. The predicted molar refractivity (Wildman–Crippen MR) is 78.9 cm³/mol. The first-order valence-corrected chi connectivity index (χ1v) is 8.16. The number of hydrogen-bond donors (Lipinski definition) is 1. The van der Waals surface area contributed by atoms with Crippen molar-refractivity contribution in [1.29, 1.82) is 0 Å². The number of morpholine rings is 1. The number of rotatable bonds is 3. The van der Waals surface area contributed by atoms with E-state index in [0.717, 1.165) is 16.9 Å². The highest BCUT2D eigenvalue weighted by Crippen LogP contribution is 2.32. The Kier molecular flexibility index (Phi) is 6.06. The molecule has 0 radical (unpaired) electrons. The Morgan fingerprint density at radius 3 is 2.84 bits per heavy atom. The van der Waals surface area contributed by atoms with E-state index in [1.54, 1.807) is 13.0 Å². The normalized spacial score (nSPS) is 21.1. The monoisotopic (exact) mass is 346 g/mol. The summed E-state index contributed by atoms with van der Waals surface area (Å²) in [5.74, 6) is 0. The van der Waals surface area contributed by atoms with Crippen molar-refractivity contribution in [2.75, 3.05) is 26.2 Å². The van der Waals surface area contributed by atoms with Gasteiger partial charge in [0.1, 0.15) is 4.21 Å². The summed E-state index contributed by atoms with van der Waals surface area (Å²) in [7, 11) is -3.47. The fraction of sp³-hybridized carbons (Fsp3) is 0.600. The standard InChI is InChI=1S/C10H15ClN2O3S2.ClH/c1-7-4-9(17-10(7)11)18(14,15)13-2-3-16-8(5-12)6-13;/h4,8H,2-3,5-6,12H2,1H3;1H. The van der Waals surface area contributed by atoms with Crippen LogP contribution in [0.1, 0.15) is 5.56 Å². The lowest BCUT2D eigenvalue weighted by molar-refractivity contribution is 0.00456. The molecule has 0 bridgehead atoms. The van der Waals surface area contributed by atoms with E-state index in [-0.39, 0.29) is 22.7 Å². The summed E-state index contributed by atoms with van der Waals surface area (Å²) in [4.78, 5) is 0. The van der Waals surface area contributed by atoms with Crippen LogP contribution in [0.3, 0.4) is 0 Å². The largest absolute Gasteiger partial charge is 0.374 e. The number of ether oxygens (including phenoxy) is 1. The van der Waals surface area contributed by atoms with Crippen molar-refractivity contribution in [3.63, 3.8) is 0 Å². The van der Waals surface area contributed by atoms with Gasteiger partial charge in [0, 0.05) is 19.6 Å². The predicted octanol–water partition coefficient (Wildman–Crippen LogP) is 1.48. The van der Waals surface area contributed by atoms with Crippen molar-refractivity contribution in [3.05, 3.63) is 16.0 Å². The van der Waals surface area contributed by atoms with Crippen molar-refractivity contribution < 1.29 is 13.2 Å². The molecule has 0 saturated carbocycles. The van der Waals surface area contributed by atoms with Crippen molar-refractivity contribution >= 4 is 45.4 Å². The highest BCUT2D eigenvalue weighted by molar-refractivity contribution is 7.91. The lowest BCUT2D eigenvalue weighted by Gasteiger charge is -2.31. The average Bonchev–Trinajstić information content (AvgIpc) is 2.70. The maximum Gasteiger partial charge on any atom is 0.252 e. The van der Waals surface area contributed by atoms with E-state index >= 15 is 0 Å². The number of aryl methyl sites for hydroxylation is 1. The van der Waals surface area contributed by atoms with Crippen LogP contribution >= 0.6 is 35.3 Å². The zero-order chi connectivity index (χ0) is 13.3. The van der Waals surface area contributed by atoms with E-state index in [2.05, 4.69) is 0 Å². The minimum atomic E-state index is -3.47. The minimum absolute atomic E-state index is 0. The van der Waals surface area contributed by atoms with Crippen LogP contribution in [0.15, 0.2) is 10.3 Å². The first-order valence-electron chi connectivity index (χ1n) is 5.53. The zero-order valence-electron chi connectivity index (χ0n) is 10.3. The van der Waals surface area contributed by atoms with Crippen LogP contribution in [0.4, 0.5) is 0 Å². The van der Waals surface area contributed by atoms with E-state index in [4.69, 9.17) is 22.1 Å². The second kappa shape index (κ2) is 6.71. The van der Waals surface area contributed by atoms with Gasteiger partial charge in [-0.25, -0.2) is 8.42 Å². The van der Waals surface area contributed by atoms with Gasteiger partial charge in [0.2, 0.25) is 0 Å². The molecule has 1 unspecified atom stereocenters. The SMILES string of the molecule is Cc1cc(S(=O)(=O)N2CCOC(CN)C2)sc1Cl.Cl. The van der Waals surface area contributed by atoms with Crippen LogP contribution in [0.5, 0.6) is 0 Å². The molecule has 0 aromatic carbocycles. The number of thiophene rings is 1. The summed E-state index contributed by atoms with van der Waals surface area (Å²) in [5, 5.41) is 0. The summed E-state index contributed by atoms with van der Waals surface area (Å²) < 4.78 is 32.4. The molecule has 110 valence electrons. The highest BCUT2D eigenvalue weighted by atomic mass is 35.5. The van der Waals surface area contributed by atoms with E-state index in [1.165, 1.54) is 4.31 Å². The average molecular weight is 347 g/mol. The van der Waals surface area contributed by atoms with Crippen LogP contribution < -0.4 is 5.73 Å². The molecule has 2 heterocycles. The molecule has 19 heavy (non-hydrogen) atoms. The molecule has 1 aromatic heterocycles. The number of sulfonamides is 1. The number of nitrogens with two attached hydrogens (primary N) is 1. The zero-order valence-corrected chi connectivity index (χ0v) is 13.5. The Labute approximate surface area is 128 Å². The van der Waals surface area contributed by atoms with Crippen molar-refractivity contribution in [1.82, 2.24) is 4.31 Å². The molecule has 1 aromatic rings. The van der Waals surface area contributed by atoms with Gasteiger partial charge in [-0.2, -0.15) is 4.31 Å². The summed E-state index contributed by atoms with van der Waals surface area (Å²) >= 11 is 7.01. The van der Waals surface area contributed by atoms with Crippen LogP contribution in [0.25, 0.3) is 0 Å². The molecule has 9 heteroatoms. The number of hydrogen-bond acceptors (Lipinski definition) is 5. The van der Waals surface area contributed by atoms with E-state index < -0.39 is 10.0 Å². The highest BCUT2D eigenvalue weighted by Gasteiger charge is 2.31. The molecule has 2 rings (SSSR count). The molecular weight excluding hydrogens is 331 g/mol. The van der Waals surface area contributed by atoms with Gasteiger partial charge in [-0.3, -0.25) is 0 Å². The van der Waals surface area contributed by atoms with Gasteiger partial charge in [0.25, 0.3) is 10.0 Å². The van der Waals surface area contributed by atoms with Gasteiger partial charge in [0.15, 0.2) is 0 Å². The maximum absolute atomic E-state index is 12.4. The third kappa shape index (κ3) is 3.60. The number of halogens is 2. The van der Waals surface area contributed by atoms with Gasteiger partial charge >= 0.3 is 0 Å². The fourth-order valence-corrected chi connectivity index (χ4v) is 5.06. The van der Waals surface area contributed by atoms with Crippen LogP contribution in [0, 0.1) is 6.92 Å². The second-order valence-electron chi connectivity index (χ2n) is 4.11. The summed E-state index contributed by atoms with van der Waals surface area (Å²) in [6.45, 7) is 3.14. The summed E-state index contributed by atoms with van der Waals surface area (Å²) in [6.07, 6.45) is -0.231. The Morgan fingerprint density at radius 1 is 1.63 bits per heavy atom. The third-order valence-electron chi connectivity index (χ3n) is 2.79. The molecule has 1 saturated heterocycles. The summed E-state index contributed by atoms with van der Waals surface area (Å²) in [5.41, 5.74) is 6.29. The van der Waals surface area contributed by atoms with Crippen LogP contribution in [-0.4, -0.2) is 45.1 Å². The molecule has 0 spiro atoms. The minimum Gasteiger partial charge on any atom is -0.374 e. The van der Waals surface area contributed by atoms with Gasteiger partial charge < -0.3 is 10.5 Å². The molecule has 1 aliphatic rings. The fourth-order valence-electron chi connectivity index (χ4n) is 1.74. The lowest BCUT2D eigenvalue weighted by atomic mass is 10.3. The molecule has 2 N–H and O–H groups in total. The Bertz CT molecular complexity index is 513. The topological polar surface area (TPSA) is 72.6 Å². The van der Waals surface area contributed by atoms with E-state index in [1.807, 2.05) is 0 Å². The summed E-state index contributed by atoms with van der Waals surface area (Å²) in [6, 6.07) is 1.61.